The van der Waals surface area contributed by atoms with Crippen LogP contribution in [0.15, 0.2) is 60.8 Å². The number of rotatable bonds is 11. The van der Waals surface area contributed by atoms with Crippen LogP contribution in [0.1, 0.15) is 83.3 Å². The third-order valence-electron chi connectivity index (χ3n) is 6.20. The molecule has 2 nitrogen and oxygen atoms in total. The Bertz CT molecular complexity index is 1030. The molecule has 3 heteroatoms. The van der Waals surface area contributed by atoms with Crippen LogP contribution in [0.4, 0.5) is 4.39 Å². The van der Waals surface area contributed by atoms with Crippen molar-refractivity contribution >= 4 is 5.78 Å². The van der Waals surface area contributed by atoms with Gasteiger partial charge in [0.25, 0.3) is 0 Å². The van der Waals surface area contributed by atoms with Gasteiger partial charge >= 0.3 is 0 Å². The number of pyridine rings is 1. The van der Waals surface area contributed by atoms with Crippen LogP contribution < -0.4 is 0 Å². The molecule has 1 unspecified atom stereocenters. The molecule has 2 aromatic carbocycles. The van der Waals surface area contributed by atoms with E-state index in [2.05, 4.69) is 24.0 Å². The van der Waals surface area contributed by atoms with Crippen LogP contribution in [0.25, 0.3) is 0 Å². The SMILES string of the molecule is CCCCCCCc1ccc(CC(C(=O)c2ccccc2C)c2ccc(F)cc2C)cn1. The monoisotopic (exact) mass is 431 g/mol. The Balaban J connectivity index is 1.80. The van der Waals surface area contributed by atoms with Crippen LogP contribution in [-0.2, 0) is 12.8 Å². The highest BCUT2D eigenvalue weighted by molar-refractivity contribution is 6.02. The summed E-state index contributed by atoms with van der Waals surface area (Å²) in [6, 6.07) is 16.5. The predicted octanol–water partition coefficient (Wildman–Crippen LogP) is 7.56. The summed E-state index contributed by atoms with van der Waals surface area (Å²) in [5, 5.41) is 0. The quantitative estimate of drug-likeness (QED) is 0.232. The van der Waals surface area contributed by atoms with Gasteiger partial charge in [0.05, 0.1) is 5.92 Å². The van der Waals surface area contributed by atoms with Crippen LogP contribution in [0, 0.1) is 19.7 Å². The first-order valence-corrected chi connectivity index (χ1v) is 11.8. The molecule has 0 radical (unpaired) electrons. The minimum Gasteiger partial charge on any atom is -0.293 e. The van der Waals surface area contributed by atoms with Gasteiger partial charge in [0.15, 0.2) is 5.78 Å². The number of aromatic nitrogens is 1. The number of carbonyl (C=O) groups is 1. The van der Waals surface area contributed by atoms with Gasteiger partial charge in [-0.15, -0.1) is 0 Å². The van der Waals surface area contributed by atoms with Crippen molar-refractivity contribution in [1.29, 1.82) is 0 Å². The lowest BCUT2D eigenvalue weighted by Gasteiger charge is -2.20. The molecule has 1 heterocycles. The van der Waals surface area contributed by atoms with Gasteiger partial charge in [0.1, 0.15) is 5.82 Å². The third kappa shape index (κ3) is 6.35. The Morgan fingerprint density at radius 2 is 1.72 bits per heavy atom. The van der Waals surface area contributed by atoms with Gasteiger partial charge in [0.2, 0.25) is 0 Å². The molecule has 1 atom stereocenters. The number of Topliss-reactive ketones (excluding diaryl/α,β-unsaturated/α-hetero) is 1. The molecule has 0 saturated heterocycles. The summed E-state index contributed by atoms with van der Waals surface area (Å²) >= 11 is 0. The van der Waals surface area contributed by atoms with Gasteiger partial charge in [-0.05, 0) is 73.6 Å². The lowest BCUT2D eigenvalue weighted by atomic mass is 9.83. The van der Waals surface area contributed by atoms with E-state index in [-0.39, 0.29) is 17.5 Å². The van der Waals surface area contributed by atoms with E-state index >= 15 is 0 Å². The maximum atomic E-state index is 13.7. The molecule has 0 aliphatic carbocycles. The maximum absolute atomic E-state index is 13.7. The average molecular weight is 432 g/mol. The van der Waals surface area contributed by atoms with E-state index in [9.17, 15) is 9.18 Å². The number of benzene rings is 2. The van der Waals surface area contributed by atoms with Crippen molar-refractivity contribution in [2.75, 3.05) is 0 Å². The fraction of sp³-hybridized carbons (Fsp3) is 0.379. The first kappa shape index (κ1) is 23.8. The predicted molar refractivity (Wildman–Crippen MR) is 130 cm³/mol. The number of nitrogens with zero attached hydrogens (tertiary/aromatic N) is 1. The molecule has 1 aromatic heterocycles. The lowest BCUT2D eigenvalue weighted by Crippen LogP contribution is -2.18. The zero-order valence-corrected chi connectivity index (χ0v) is 19.5. The Hall–Kier alpha value is -2.81. The normalized spacial score (nSPS) is 12.0. The molecular weight excluding hydrogens is 397 g/mol. The van der Waals surface area contributed by atoms with E-state index in [4.69, 9.17) is 0 Å². The van der Waals surface area contributed by atoms with E-state index in [1.165, 1.54) is 37.8 Å². The standard InChI is InChI=1S/C29H34FNO/c1-4-5-6-7-8-12-25-16-14-23(20-31-25)19-28(26-17-15-24(30)18-22(26)3)29(32)27-13-10-9-11-21(27)2/h9-11,13-18,20,28H,4-8,12,19H2,1-3H3. The van der Waals surface area contributed by atoms with Crippen LogP contribution in [0.2, 0.25) is 0 Å². The molecular formula is C29H34FNO. The minimum absolute atomic E-state index is 0.0674. The number of aryl methyl sites for hydroxylation is 3. The van der Waals surface area contributed by atoms with Crippen molar-refractivity contribution in [2.45, 2.75) is 71.6 Å². The van der Waals surface area contributed by atoms with Gasteiger partial charge in [-0.3, -0.25) is 9.78 Å². The number of unbranched alkanes of at least 4 members (excludes halogenated alkanes) is 4. The number of halogens is 1. The second-order valence-electron chi connectivity index (χ2n) is 8.76. The number of carbonyl (C=O) groups excluding carboxylic acids is 1. The lowest BCUT2D eigenvalue weighted by molar-refractivity contribution is 0.0958. The zero-order chi connectivity index (χ0) is 22.9. The maximum Gasteiger partial charge on any atom is 0.170 e. The zero-order valence-electron chi connectivity index (χ0n) is 19.5. The van der Waals surface area contributed by atoms with E-state index in [1.54, 1.807) is 6.07 Å². The summed E-state index contributed by atoms with van der Waals surface area (Å²) in [5.74, 6) is -0.588. The number of hydrogen-bond donors (Lipinski definition) is 0. The molecule has 0 amide bonds. The van der Waals surface area contributed by atoms with Crippen LogP contribution in [-0.4, -0.2) is 10.8 Å². The minimum atomic E-state index is -0.376. The van der Waals surface area contributed by atoms with Crippen molar-refractivity contribution < 1.29 is 9.18 Å². The first-order chi connectivity index (χ1) is 15.5. The van der Waals surface area contributed by atoms with Crippen molar-refractivity contribution in [1.82, 2.24) is 4.98 Å². The van der Waals surface area contributed by atoms with Gasteiger partial charge in [-0.25, -0.2) is 4.39 Å². The Labute approximate surface area is 191 Å². The van der Waals surface area contributed by atoms with Crippen molar-refractivity contribution in [3.8, 4) is 0 Å². The van der Waals surface area contributed by atoms with E-state index in [0.717, 1.165) is 46.4 Å². The van der Waals surface area contributed by atoms with Crippen molar-refractivity contribution in [3.63, 3.8) is 0 Å². The van der Waals surface area contributed by atoms with Gasteiger partial charge in [-0.1, -0.05) is 69.0 Å². The second kappa shape index (κ2) is 11.7. The largest absolute Gasteiger partial charge is 0.293 e. The molecule has 0 N–H and O–H groups in total. The fourth-order valence-corrected chi connectivity index (χ4v) is 4.28. The smallest absolute Gasteiger partial charge is 0.170 e. The summed E-state index contributed by atoms with van der Waals surface area (Å²) in [7, 11) is 0. The molecule has 3 rings (SSSR count). The van der Waals surface area contributed by atoms with Crippen molar-refractivity contribution in [3.05, 3.63) is 100 Å². The molecule has 0 fully saturated rings. The van der Waals surface area contributed by atoms with E-state index in [0.29, 0.717) is 6.42 Å². The number of ketones is 1. The van der Waals surface area contributed by atoms with Crippen LogP contribution in [0.3, 0.4) is 0 Å². The summed E-state index contributed by atoms with van der Waals surface area (Å²) in [6.07, 6.45) is 9.68. The molecule has 3 aromatic rings. The number of hydrogen-bond acceptors (Lipinski definition) is 2. The first-order valence-electron chi connectivity index (χ1n) is 11.8. The van der Waals surface area contributed by atoms with Crippen molar-refractivity contribution in [2.24, 2.45) is 0 Å². The highest BCUT2D eigenvalue weighted by Crippen LogP contribution is 2.29. The molecule has 0 bridgehead atoms. The average Bonchev–Trinajstić information content (AvgIpc) is 2.79. The molecule has 32 heavy (non-hydrogen) atoms. The molecule has 0 saturated carbocycles. The summed E-state index contributed by atoms with van der Waals surface area (Å²) in [5.41, 5.74) is 5.48. The summed E-state index contributed by atoms with van der Waals surface area (Å²) in [6.45, 7) is 6.06. The van der Waals surface area contributed by atoms with Crippen LogP contribution in [0.5, 0.6) is 0 Å². The molecule has 168 valence electrons. The molecule has 0 aliphatic rings. The van der Waals surface area contributed by atoms with Gasteiger partial charge in [-0.2, -0.15) is 0 Å². The second-order valence-corrected chi connectivity index (χ2v) is 8.76. The summed E-state index contributed by atoms with van der Waals surface area (Å²) < 4.78 is 13.7. The summed E-state index contributed by atoms with van der Waals surface area (Å²) in [4.78, 5) is 18.2. The molecule has 0 aliphatic heterocycles. The molecule has 0 spiro atoms. The Morgan fingerprint density at radius 1 is 0.938 bits per heavy atom. The topological polar surface area (TPSA) is 30.0 Å². The highest BCUT2D eigenvalue weighted by atomic mass is 19.1. The third-order valence-corrected chi connectivity index (χ3v) is 6.20. The van der Waals surface area contributed by atoms with E-state index < -0.39 is 0 Å². The Morgan fingerprint density at radius 3 is 2.41 bits per heavy atom. The highest BCUT2D eigenvalue weighted by Gasteiger charge is 2.25. The van der Waals surface area contributed by atoms with Gasteiger partial charge < -0.3 is 0 Å². The fourth-order valence-electron chi connectivity index (χ4n) is 4.28. The Kier molecular flexibility index (Phi) is 8.72. The van der Waals surface area contributed by atoms with Crippen LogP contribution >= 0.6 is 0 Å². The van der Waals surface area contributed by atoms with Gasteiger partial charge in [0, 0.05) is 17.5 Å². The van der Waals surface area contributed by atoms with E-state index in [1.807, 2.05) is 44.3 Å².